The number of primary amides is 1. The van der Waals surface area contributed by atoms with E-state index in [9.17, 15) is 9.59 Å². The second-order valence-corrected chi connectivity index (χ2v) is 6.98. The van der Waals surface area contributed by atoms with Gasteiger partial charge < -0.3 is 15.2 Å². The first-order chi connectivity index (χ1) is 14.0. The van der Waals surface area contributed by atoms with Crippen molar-refractivity contribution in [2.24, 2.45) is 5.73 Å². The molecule has 3 aromatic rings. The predicted molar refractivity (Wildman–Crippen MR) is 107 cm³/mol. The van der Waals surface area contributed by atoms with Gasteiger partial charge in [-0.1, -0.05) is 12.1 Å². The highest BCUT2D eigenvalue weighted by molar-refractivity contribution is 6.00. The second kappa shape index (κ2) is 7.75. The standard InChI is InChI=1S/C23H20N2O4/c1-14-12-20(26)19-7-6-18(13-21(19)28-14)29-22(16-8-10-25-11-9-16)15-2-4-17(5-3-15)23(24)27/h2-11,13-14,22H,12H2,1H3,(H2,24,27)/t14-,22+/m0/s1. The molecular formula is C23H20N2O4. The molecule has 2 N–H and O–H groups in total. The number of carbonyl (C=O) groups excluding carboxylic acids is 2. The fraction of sp³-hybridized carbons (Fsp3) is 0.174. The van der Waals surface area contributed by atoms with Crippen molar-refractivity contribution in [1.82, 2.24) is 4.98 Å². The van der Waals surface area contributed by atoms with Crippen LogP contribution in [0.25, 0.3) is 0 Å². The third kappa shape index (κ3) is 3.96. The highest BCUT2D eigenvalue weighted by Gasteiger charge is 2.25. The fourth-order valence-electron chi connectivity index (χ4n) is 3.36. The lowest BCUT2D eigenvalue weighted by Gasteiger charge is -2.24. The number of hydrogen-bond donors (Lipinski definition) is 1. The first kappa shape index (κ1) is 18.7. The molecule has 6 heteroatoms. The van der Waals surface area contributed by atoms with Gasteiger partial charge in [-0.15, -0.1) is 0 Å². The molecule has 1 aliphatic rings. The van der Waals surface area contributed by atoms with E-state index in [2.05, 4.69) is 4.98 Å². The van der Waals surface area contributed by atoms with Gasteiger partial charge in [0.15, 0.2) is 5.78 Å². The van der Waals surface area contributed by atoms with Gasteiger partial charge in [0.1, 0.15) is 23.7 Å². The Morgan fingerprint density at radius 1 is 1.10 bits per heavy atom. The Kier molecular flexibility index (Phi) is 4.99. The van der Waals surface area contributed by atoms with E-state index in [1.54, 1.807) is 42.7 Å². The lowest BCUT2D eigenvalue weighted by atomic mass is 10.00. The van der Waals surface area contributed by atoms with E-state index in [-0.39, 0.29) is 11.9 Å². The monoisotopic (exact) mass is 388 g/mol. The number of ketones is 1. The van der Waals surface area contributed by atoms with E-state index in [1.807, 2.05) is 31.2 Å². The number of ether oxygens (including phenoxy) is 2. The van der Waals surface area contributed by atoms with E-state index in [0.29, 0.717) is 29.0 Å². The van der Waals surface area contributed by atoms with Gasteiger partial charge >= 0.3 is 0 Å². The third-order valence-electron chi connectivity index (χ3n) is 4.82. The van der Waals surface area contributed by atoms with Crippen LogP contribution in [0.3, 0.4) is 0 Å². The SMILES string of the molecule is C[C@H]1CC(=O)c2ccc(O[C@@H](c3ccncc3)c3ccc(C(N)=O)cc3)cc2O1. The molecule has 1 amide bonds. The minimum atomic E-state index is -0.483. The summed E-state index contributed by atoms with van der Waals surface area (Å²) in [6.45, 7) is 1.87. The number of carbonyl (C=O) groups is 2. The van der Waals surface area contributed by atoms with Gasteiger partial charge in [-0.2, -0.15) is 0 Å². The van der Waals surface area contributed by atoms with Crippen molar-refractivity contribution < 1.29 is 19.1 Å². The number of Topliss-reactive ketones (excluding diaryl/α,β-unsaturated/α-hetero) is 1. The van der Waals surface area contributed by atoms with Gasteiger partial charge in [0.25, 0.3) is 0 Å². The average Bonchev–Trinajstić information content (AvgIpc) is 2.72. The molecule has 0 aliphatic carbocycles. The molecule has 0 radical (unpaired) electrons. The number of nitrogens with two attached hydrogens (primary N) is 1. The Balaban J connectivity index is 1.69. The number of hydrogen-bond acceptors (Lipinski definition) is 5. The maximum Gasteiger partial charge on any atom is 0.248 e. The summed E-state index contributed by atoms with van der Waals surface area (Å²) >= 11 is 0. The summed E-state index contributed by atoms with van der Waals surface area (Å²) in [6.07, 6.45) is 3.16. The zero-order chi connectivity index (χ0) is 20.4. The Morgan fingerprint density at radius 2 is 1.79 bits per heavy atom. The molecule has 0 saturated carbocycles. The maximum absolute atomic E-state index is 12.2. The van der Waals surface area contributed by atoms with Crippen molar-refractivity contribution in [2.45, 2.75) is 25.6 Å². The average molecular weight is 388 g/mol. The third-order valence-corrected chi connectivity index (χ3v) is 4.82. The molecule has 1 aromatic heterocycles. The van der Waals surface area contributed by atoms with Crippen molar-refractivity contribution in [3.63, 3.8) is 0 Å². The normalized spacial score (nSPS) is 16.4. The first-order valence-corrected chi connectivity index (χ1v) is 9.31. The van der Waals surface area contributed by atoms with E-state index in [0.717, 1.165) is 11.1 Å². The van der Waals surface area contributed by atoms with Gasteiger partial charge in [0.2, 0.25) is 5.91 Å². The highest BCUT2D eigenvalue weighted by Crippen LogP contribution is 2.34. The minimum Gasteiger partial charge on any atom is -0.489 e. The second-order valence-electron chi connectivity index (χ2n) is 6.98. The number of fused-ring (bicyclic) bond motifs is 1. The number of amides is 1. The summed E-state index contributed by atoms with van der Waals surface area (Å²) in [7, 11) is 0. The van der Waals surface area contributed by atoms with Crippen LogP contribution in [-0.2, 0) is 0 Å². The summed E-state index contributed by atoms with van der Waals surface area (Å²) in [5.41, 5.74) is 8.09. The number of nitrogens with zero attached hydrogens (tertiary/aromatic N) is 1. The molecule has 6 nitrogen and oxygen atoms in total. The van der Waals surface area contributed by atoms with Crippen LogP contribution in [0, 0.1) is 0 Å². The Bertz CT molecular complexity index is 1050. The van der Waals surface area contributed by atoms with Crippen LogP contribution in [0.4, 0.5) is 0 Å². The van der Waals surface area contributed by atoms with Crippen molar-refractivity contribution in [1.29, 1.82) is 0 Å². The van der Waals surface area contributed by atoms with Crippen LogP contribution in [0.2, 0.25) is 0 Å². The highest BCUT2D eigenvalue weighted by atomic mass is 16.5. The van der Waals surface area contributed by atoms with Gasteiger partial charge in [-0.05, 0) is 54.4 Å². The number of pyridine rings is 1. The summed E-state index contributed by atoms with van der Waals surface area (Å²) in [5.74, 6) is 0.692. The summed E-state index contributed by atoms with van der Waals surface area (Å²) in [5, 5.41) is 0. The zero-order valence-electron chi connectivity index (χ0n) is 15.9. The fourth-order valence-corrected chi connectivity index (χ4v) is 3.36. The minimum absolute atomic E-state index is 0.0676. The first-order valence-electron chi connectivity index (χ1n) is 9.31. The molecule has 2 heterocycles. The molecule has 0 unspecified atom stereocenters. The molecular weight excluding hydrogens is 368 g/mol. The topological polar surface area (TPSA) is 91.5 Å². The molecule has 146 valence electrons. The van der Waals surface area contributed by atoms with Crippen LogP contribution in [0.5, 0.6) is 11.5 Å². The van der Waals surface area contributed by atoms with Gasteiger partial charge in [0, 0.05) is 30.4 Å². The molecule has 2 aromatic carbocycles. The molecule has 0 fully saturated rings. The smallest absolute Gasteiger partial charge is 0.248 e. The van der Waals surface area contributed by atoms with Crippen molar-refractivity contribution >= 4 is 11.7 Å². The number of benzene rings is 2. The van der Waals surface area contributed by atoms with Crippen molar-refractivity contribution in [3.8, 4) is 11.5 Å². The van der Waals surface area contributed by atoms with Crippen LogP contribution in [0.15, 0.2) is 67.0 Å². The summed E-state index contributed by atoms with van der Waals surface area (Å²) < 4.78 is 12.1. The maximum atomic E-state index is 12.2. The Labute approximate surface area is 168 Å². The molecule has 29 heavy (non-hydrogen) atoms. The number of aromatic nitrogens is 1. The van der Waals surface area contributed by atoms with Crippen LogP contribution in [0.1, 0.15) is 51.3 Å². The molecule has 2 atom stereocenters. The lowest BCUT2D eigenvalue weighted by Crippen LogP contribution is -2.23. The van der Waals surface area contributed by atoms with Gasteiger partial charge in [0.05, 0.1) is 5.56 Å². The van der Waals surface area contributed by atoms with E-state index in [1.165, 1.54) is 0 Å². The molecule has 4 rings (SSSR count). The van der Waals surface area contributed by atoms with Gasteiger partial charge in [-0.3, -0.25) is 14.6 Å². The molecule has 0 bridgehead atoms. The largest absolute Gasteiger partial charge is 0.489 e. The quantitative estimate of drug-likeness (QED) is 0.719. The zero-order valence-corrected chi connectivity index (χ0v) is 15.9. The van der Waals surface area contributed by atoms with E-state index >= 15 is 0 Å². The van der Waals surface area contributed by atoms with E-state index in [4.69, 9.17) is 15.2 Å². The van der Waals surface area contributed by atoms with Crippen molar-refractivity contribution in [3.05, 3.63) is 89.2 Å². The molecule has 1 aliphatic heterocycles. The summed E-state index contributed by atoms with van der Waals surface area (Å²) in [4.78, 5) is 27.6. The Hall–Kier alpha value is -3.67. The van der Waals surface area contributed by atoms with Gasteiger partial charge in [-0.25, -0.2) is 0 Å². The van der Waals surface area contributed by atoms with Crippen LogP contribution >= 0.6 is 0 Å². The Morgan fingerprint density at radius 3 is 2.48 bits per heavy atom. The summed E-state index contributed by atoms with van der Waals surface area (Å²) in [6, 6.07) is 15.9. The molecule has 0 saturated heterocycles. The molecule has 0 spiro atoms. The van der Waals surface area contributed by atoms with E-state index < -0.39 is 12.0 Å². The lowest BCUT2D eigenvalue weighted by molar-refractivity contribution is 0.0869. The van der Waals surface area contributed by atoms with Crippen molar-refractivity contribution in [2.75, 3.05) is 0 Å². The number of rotatable bonds is 5. The van der Waals surface area contributed by atoms with Crippen LogP contribution < -0.4 is 15.2 Å². The van der Waals surface area contributed by atoms with Crippen LogP contribution in [-0.4, -0.2) is 22.8 Å². The predicted octanol–water partition coefficient (Wildman–Crippen LogP) is 3.70.